The Labute approximate surface area is 122 Å². The summed E-state index contributed by atoms with van der Waals surface area (Å²) in [6, 6.07) is 7.50. The van der Waals surface area contributed by atoms with Crippen LogP contribution in [-0.2, 0) is 10.0 Å². The highest BCUT2D eigenvalue weighted by Crippen LogP contribution is 2.19. The molecule has 108 valence electrons. The molecule has 2 rings (SSSR count). The van der Waals surface area contributed by atoms with Crippen LogP contribution in [0.5, 0.6) is 0 Å². The molecule has 0 saturated heterocycles. The van der Waals surface area contributed by atoms with Crippen LogP contribution >= 0.6 is 0 Å². The predicted octanol–water partition coefficient (Wildman–Crippen LogP) is 1.33. The molecule has 0 bridgehead atoms. The van der Waals surface area contributed by atoms with Crippen molar-refractivity contribution in [3.05, 3.63) is 54.1 Å². The van der Waals surface area contributed by atoms with Crippen molar-refractivity contribution in [3.8, 4) is 11.8 Å². The fourth-order valence-electron chi connectivity index (χ4n) is 1.57. The third-order valence-corrected chi connectivity index (χ3v) is 3.82. The first-order valence-electron chi connectivity index (χ1n) is 5.94. The smallest absolute Gasteiger partial charge is 0.263 e. The lowest BCUT2D eigenvalue weighted by Gasteiger charge is -2.09. The van der Waals surface area contributed by atoms with Gasteiger partial charge in [0.05, 0.1) is 18.4 Å². The minimum absolute atomic E-state index is 0.162. The molecule has 0 aliphatic heterocycles. The number of sulfonamides is 1. The fourth-order valence-corrected chi connectivity index (χ4v) is 2.62. The van der Waals surface area contributed by atoms with Crippen molar-refractivity contribution in [2.45, 2.75) is 4.90 Å². The quantitative estimate of drug-likeness (QED) is 0.838. The molecule has 21 heavy (non-hydrogen) atoms. The van der Waals surface area contributed by atoms with E-state index in [4.69, 9.17) is 5.73 Å². The van der Waals surface area contributed by atoms with E-state index in [9.17, 15) is 12.8 Å². The SMILES string of the molecule is NCC#Cc1ccccc1NS(=O)(=O)c1cncc(F)c1. The third kappa shape index (κ3) is 3.78. The maximum Gasteiger partial charge on any atom is 0.263 e. The molecule has 0 spiro atoms. The zero-order valence-corrected chi connectivity index (χ0v) is 11.7. The third-order valence-electron chi connectivity index (χ3n) is 2.49. The van der Waals surface area contributed by atoms with Gasteiger partial charge in [-0.25, -0.2) is 12.8 Å². The average molecular weight is 305 g/mol. The Morgan fingerprint density at radius 1 is 1.29 bits per heavy atom. The Hall–Kier alpha value is -2.43. The van der Waals surface area contributed by atoms with Crippen molar-refractivity contribution >= 4 is 15.7 Å². The van der Waals surface area contributed by atoms with E-state index in [1.54, 1.807) is 24.3 Å². The summed E-state index contributed by atoms with van der Waals surface area (Å²) >= 11 is 0. The molecule has 1 aromatic heterocycles. The van der Waals surface area contributed by atoms with Crippen molar-refractivity contribution in [1.29, 1.82) is 0 Å². The molecular weight excluding hydrogens is 293 g/mol. The minimum Gasteiger partial charge on any atom is -0.320 e. The van der Waals surface area contributed by atoms with Gasteiger partial charge < -0.3 is 5.73 Å². The number of para-hydroxylation sites is 1. The van der Waals surface area contributed by atoms with Crippen LogP contribution in [0.25, 0.3) is 0 Å². The van der Waals surface area contributed by atoms with Gasteiger partial charge in [0.1, 0.15) is 10.7 Å². The number of nitrogens with zero attached hydrogens (tertiary/aromatic N) is 1. The Morgan fingerprint density at radius 2 is 2.05 bits per heavy atom. The van der Waals surface area contributed by atoms with Crippen LogP contribution in [0.15, 0.2) is 47.6 Å². The van der Waals surface area contributed by atoms with Gasteiger partial charge in [0.15, 0.2) is 0 Å². The standard InChI is InChI=1S/C14H12FN3O2S/c15-12-8-13(10-17-9-12)21(19,20)18-14-6-2-1-4-11(14)5-3-7-16/h1-2,4,6,8-10,18H,7,16H2. The molecule has 2 aromatic rings. The predicted molar refractivity (Wildman–Crippen MR) is 77.4 cm³/mol. The summed E-state index contributed by atoms with van der Waals surface area (Å²) in [5.74, 6) is 4.69. The Morgan fingerprint density at radius 3 is 2.76 bits per heavy atom. The van der Waals surface area contributed by atoms with Crippen LogP contribution in [0.4, 0.5) is 10.1 Å². The molecule has 0 unspecified atom stereocenters. The number of hydrogen-bond acceptors (Lipinski definition) is 4. The lowest BCUT2D eigenvalue weighted by Crippen LogP contribution is -2.14. The number of halogens is 1. The molecule has 7 heteroatoms. The Balaban J connectivity index is 2.38. The summed E-state index contributed by atoms with van der Waals surface area (Å²) in [5.41, 5.74) is 6.08. The van der Waals surface area contributed by atoms with E-state index in [0.29, 0.717) is 11.3 Å². The Bertz CT molecular complexity index is 810. The van der Waals surface area contributed by atoms with Crippen LogP contribution in [0.3, 0.4) is 0 Å². The lowest BCUT2D eigenvalue weighted by molar-refractivity contribution is 0.592. The summed E-state index contributed by atoms with van der Waals surface area (Å²) in [5, 5.41) is 0. The molecule has 0 amide bonds. The average Bonchev–Trinajstić information content (AvgIpc) is 2.46. The van der Waals surface area contributed by atoms with E-state index in [2.05, 4.69) is 21.5 Å². The molecule has 1 heterocycles. The highest BCUT2D eigenvalue weighted by Gasteiger charge is 2.16. The summed E-state index contributed by atoms with van der Waals surface area (Å²) in [6.07, 6.45) is 2.00. The monoisotopic (exact) mass is 305 g/mol. The maximum atomic E-state index is 13.1. The van der Waals surface area contributed by atoms with Crippen molar-refractivity contribution in [3.63, 3.8) is 0 Å². The van der Waals surface area contributed by atoms with Gasteiger partial charge in [-0.3, -0.25) is 9.71 Å². The van der Waals surface area contributed by atoms with Crippen molar-refractivity contribution in [2.24, 2.45) is 5.73 Å². The highest BCUT2D eigenvalue weighted by molar-refractivity contribution is 7.92. The number of nitrogens with two attached hydrogens (primary N) is 1. The number of rotatable bonds is 3. The summed E-state index contributed by atoms with van der Waals surface area (Å²) in [4.78, 5) is 3.27. The second kappa shape index (κ2) is 6.35. The van der Waals surface area contributed by atoms with Crippen LogP contribution in [0.2, 0.25) is 0 Å². The van der Waals surface area contributed by atoms with Gasteiger partial charge in [-0.2, -0.15) is 0 Å². The van der Waals surface area contributed by atoms with Crippen LogP contribution < -0.4 is 10.5 Å². The first-order valence-corrected chi connectivity index (χ1v) is 7.42. The molecule has 0 saturated carbocycles. The molecule has 5 nitrogen and oxygen atoms in total. The van der Waals surface area contributed by atoms with Gasteiger partial charge in [0.2, 0.25) is 0 Å². The van der Waals surface area contributed by atoms with Gasteiger partial charge in [0, 0.05) is 11.8 Å². The second-order valence-corrected chi connectivity index (χ2v) is 5.68. The normalized spacial score (nSPS) is 10.6. The van der Waals surface area contributed by atoms with Crippen molar-refractivity contribution < 1.29 is 12.8 Å². The van der Waals surface area contributed by atoms with E-state index >= 15 is 0 Å². The van der Waals surface area contributed by atoms with Crippen molar-refractivity contribution in [2.75, 3.05) is 11.3 Å². The zero-order valence-electron chi connectivity index (χ0n) is 10.9. The van der Waals surface area contributed by atoms with Gasteiger partial charge in [-0.1, -0.05) is 24.0 Å². The number of benzene rings is 1. The number of aromatic nitrogens is 1. The fraction of sp³-hybridized carbons (Fsp3) is 0.0714. The second-order valence-electron chi connectivity index (χ2n) is 4.00. The first-order chi connectivity index (χ1) is 10.0. The van der Waals surface area contributed by atoms with Gasteiger partial charge in [-0.15, -0.1) is 0 Å². The van der Waals surface area contributed by atoms with Gasteiger partial charge in [0.25, 0.3) is 10.0 Å². The van der Waals surface area contributed by atoms with Crippen LogP contribution in [0.1, 0.15) is 5.56 Å². The summed E-state index contributed by atoms with van der Waals surface area (Å²) < 4.78 is 39.8. The van der Waals surface area contributed by atoms with Crippen LogP contribution in [0, 0.1) is 17.7 Å². The molecule has 0 aliphatic rings. The first kappa shape index (κ1) is 15.0. The van der Waals surface area contributed by atoms with Crippen molar-refractivity contribution in [1.82, 2.24) is 4.98 Å². The molecule has 1 aromatic carbocycles. The van der Waals surface area contributed by atoms with Gasteiger partial charge >= 0.3 is 0 Å². The lowest BCUT2D eigenvalue weighted by atomic mass is 10.2. The number of anilines is 1. The molecule has 0 atom stereocenters. The summed E-state index contributed by atoms with van der Waals surface area (Å²) in [7, 11) is -3.93. The largest absolute Gasteiger partial charge is 0.320 e. The Kier molecular flexibility index (Phi) is 4.52. The maximum absolute atomic E-state index is 13.1. The number of pyridine rings is 1. The number of nitrogens with one attached hydrogen (secondary N) is 1. The zero-order chi connectivity index (χ0) is 15.3. The molecular formula is C14H12FN3O2S. The van der Waals surface area contributed by atoms with E-state index in [1.165, 1.54) is 0 Å². The topological polar surface area (TPSA) is 85.1 Å². The molecule has 0 aliphatic carbocycles. The number of hydrogen-bond donors (Lipinski definition) is 2. The van der Waals surface area contributed by atoms with E-state index in [1.807, 2.05) is 0 Å². The molecule has 0 fully saturated rings. The van der Waals surface area contributed by atoms with E-state index in [0.717, 1.165) is 18.5 Å². The van der Waals surface area contributed by atoms with Crippen LogP contribution in [-0.4, -0.2) is 19.9 Å². The van der Waals surface area contributed by atoms with E-state index in [-0.39, 0.29) is 11.4 Å². The van der Waals surface area contributed by atoms with E-state index < -0.39 is 15.8 Å². The molecule has 3 N–H and O–H groups in total. The van der Waals surface area contributed by atoms with Gasteiger partial charge in [-0.05, 0) is 18.2 Å². The minimum atomic E-state index is -3.93. The molecule has 0 radical (unpaired) electrons. The summed E-state index contributed by atoms with van der Waals surface area (Å²) in [6.45, 7) is 0.162. The highest BCUT2D eigenvalue weighted by atomic mass is 32.2.